The molecule has 3 aliphatic rings. The van der Waals surface area contributed by atoms with Crippen molar-refractivity contribution in [3.63, 3.8) is 0 Å². The second-order valence-corrected chi connectivity index (χ2v) is 8.73. The number of imide groups is 1. The maximum absolute atomic E-state index is 13.1. The molecule has 4 amide bonds. The van der Waals surface area contributed by atoms with Crippen molar-refractivity contribution >= 4 is 17.8 Å². The third kappa shape index (κ3) is 4.16. The fourth-order valence-corrected chi connectivity index (χ4v) is 5.15. The number of hydrogen-bond donors (Lipinski definition) is 1. The molecule has 2 heterocycles. The normalized spacial score (nSPS) is 24.1. The molecule has 29 heavy (non-hydrogen) atoms. The maximum atomic E-state index is 13.1. The zero-order valence-electron chi connectivity index (χ0n) is 17.1. The number of amides is 4. The summed E-state index contributed by atoms with van der Waals surface area (Å²) in [5.74, 6) is -0.299. The van der Waals surface area contributed by atoms with Crippen LogP contribution in [0.15, 0.2) is 30.3 Å². The summed E-state index contributed by atoms with van der Waals surface area (Å²) in [6.45, 7) is 0.585. The van der Waals surface area contributed by atoms with E-state index in [-0.39, 0.29) is 24.4 Å². The van der Waals surface area contributed by atoms with Gasteiger partial charge in [-0.2, -0.15) is 0 Å². The lowest BCUT2D eigenvalue weighted by Gasteiger charge is -2.37. The number of piperidine rings is 1. The number of likely N-dealkylation sites (tertiary alicyclic amines) is 1. The van der Waals surface area contributed by atoms with Crippen molar-refractivity contribution in [2.24, 2.45) is 0 Å². The Morgan fingerprint density at radius 3 is 2.55 bits per heavy atom. The lowest BCUT2D eigenvalue weighted by Crippen LogP contribution is -2.51. The average Bonchev–Trinajstić information content (AvgIpc) is 2.97. The van der Waals surface area contributed by atoms with Crippen molar-refractivity contribution in [2.75, 3.05) is 13.1 Å². The van der Waals surface area contributed by atoms with Gasteiger partial charge in [-0.25, -0.2) is 4.79 Å². The minimum Gasteiger partial charge on any atom is -0.338 e. The molecule has 4 rings (SSSR count). The predicted molar refractivity (Wildman–Crippen MR) is 110 cm³/mol. The first-order valence-electron chi connectivity index (χ1n) is 11.1. The predicted octanol–water partition coefficient (Wildman–Crippen LogP) is 3.26. The van der Waals surface area contributed by atoms with Gasteiger partial charge >= 0.3 is 6.03 Å². The van der Waals surface area contributed by atoms with E-state index >= 15 is 0 Å². The molecule has 6 nitrogen and oxygen atoms in total. The third-order valence-corrected chi connectivity index (χ3v) is 6.80. The van der Waals surface area contributed by atoms with Gasteiger partial charge in [0.15, 0.2) is 0 Å². The highest BCUT2D eigenvalue weighted by Crippen LogP contribution is 2.33. The Kier molecular flexibility index (Phi) is 5.88. The molecule has 1 spiro atoms. The molecule has 2 aliphatic heterocycles. The van der Waals surface area contributed by atoms with Gasteiger partial charge in [0.25, 0.3) is 5.91 Å². The first-order chi connectivity index (χ1) is 14.1. The fourth-order valence-electron chi connectivity index (χ4n) is 5.15. The summed E-state index contributed by atoms with van der Waals surface area (Å²) in [5, 5.41) is 2.90. The highest BCUT2D eigenvalue weighted by atomic mass is 16.2. The van der Waals surface area contributed by atoms with Crippen molar-refractivity contribution in [1.29, 1.82) is 0 Å². The molecule has 0 unspecified atom stereocenters. The Hall–Kier alpha value is -2.37. The smallest absolute Gasteiger partial charge is 0.325 e. The number of aryl methyl sites for hydroxylation is 1. The molecule has 1 saturated carbocycles. The largest absolute Gasteiger partial charge is 0.338 e. The van der Waals surface area contributed by atoms with Crippen LogP contribution in [0.4, 0.5) is 4.79 Å². The number of carbonyl (C=O) groups is 3. The van der Waals surface area contributed by atoms with Gasteiger partial charge in [-0.15, -0.1) is 0 Å². The third-order valence-electron chi connectivity index (χ3n) is 6.80. The van der Waals surface area contributed by atoms with Crippen LogP contribution in [0.2, 0.25) is 0 Å². The number of nitrogens with zero attached hydrogens (tertiary/aromatic N) is 2. The van der Waals surface area contributed by atoms with Crippen molar-refractivity contribution in [3.8, 4) is 0 Å². The highest BCUT2D eigenvalue weighted by Gasteiger charge is 2.52. The molecule has 156 valence electrons. The zero-order chi connectivity index (χ0) is 20.3. The minimum atomic E-state index is -0.760. The Morgan fingerprint density at radius 1 is 1.03 bits per heavy atom. The number of rotatable bonds is 5. The van der Waals surface area contributed by atoms with E-state index in [1.807, 2.05) is 23.1 Å². The molecule has 2 saturated heterocycles. The summed E-state index contributed by atoms with van der Waals surface area (Å²) in [6, 6.07) is 10.1. The standard InChI is InChI=1S/C23H31N3O3/c27-20(17-26-21(28)23(24-22(26)29)14-6-2-7-15-23)25-16-8-5-11-19(25)13-12-18-9-3-1-4-10-18/h1,3-4,9-10,19H,2,5-8,11-17H2,(H,24,29)/t19-/m0/s1. The van der Waals surface area contributed by atoms with E-state index in [0.717, 1.165) is 56.3 Å². The summed E-state index contributed by atoms with van der Waals surface area (Å²) in [5.41, 5.74) is 0.517. The van der Waals surface area contributed by atoms with Gasteiger partial charge < -0.3 is 10.2 Å². The van der Waals surface area contributed by atoms with Gasteiger partial charge in [0.2, 0.25) is 5.91 Å². The van der Waals surface area contributed by atoms with Crippen molar-refractivity contribution < 1.29 is 14.4 Å². The van der Waals surface area contributed by atoms with Crippen molar-refractivity contribution in [1.82, 2.24) is 15.1 Å². The van der Waals surface area contributed by atoms with Gasteiger partial charge in [0.05, 0.1) is 0 Å². The lowest BCUT2D eigenvalue weighted by molar-refractivity contribution is -0.141. The van der Waals surface area contributed by atoms with Gasteiger partial charge in [0.1, 0.15) is 12.1 Å². The van der Waals surface area contributed by atoms with Crippen LogP contribution >= 0.6 is 0 Å². The van der Waals surface area contributed by atoms with Crippen LogP contribution in [0, 0.1) is 0 Å². The van der Waals surface area contributed by atoms with Crippen LogP contribution in [0.3, 0.4) is 0 Å². The minimum absolute atomic E-state index is 0.0980. The molecular weight excluding hydrogens is 366 g/mol. The number of nitrogens with one attached hydrogen (secondary N) is 1. The van der Waals surface area contributed by atoms with Gasteiger partial charge in [0, 0.05) is 12.6 Å². The van der Waals surface area contributed by atoms with Gasteiger partial charge in [-0.05, 0) is 50.5 Å². The number of benzene rings is 1. The molecule has 0 radical (unpaired) electrons. The van der Waals surface area contributed by atoms with Gasteiger partial charge in [-0.1, -0.05) is 49.6 Å². The number of carbonyl (C=O) groups excluding carboxylic acids is 3. The molecule has 6 heteroatoms. The first kappa shape index (κ1) is 19.9. The number of hydrogen-bond acceptors (Lipinski definition) is 3. The van der Waals surface area contributed by atoms with E-state index in [9.17, 15) is 14.4 Å². The van der Waals surface area contributed by atoms with E-state index in [1.165, 1.54) is 5.56 Å². The van der Waals surface area contributed by atoms with E-state index in [4.69, 9.17) is 0 Å². The number of urea groups is 1. The van der Waals surface area contributed by atoms with E-state index < -0.39 is 11.6 Å². The van der Waals surface area contributed by atoms with Gasteiger partial charge in [-0.3, -0.25) is 14.5 Å². The quantitative estimate of drug-likeness (QED) is 0.776. The zero-order valence-corrected chi connectivity index (χ0v) is 17.1. The Bertz CT molecular complexity index is 758. The second kappa shape index (κ2) is 8.56. The summed E-state index contributed by atoms with van der Waals surface area (Å²) in [6.07, 6.45) is 9.30. The Labute approximate surface area is 172 Å². The molecular formula is C23H31N3O3. The molecule has 1 aromatic rings. The summed E-state index contributed by atoms with van der Waals surface area (Å²) < 4.78 is 0. The second-order valence-electron chi connectivity index (χ2n) is 8.73. The van der Waals surface area contributed by atoms with Crippen molar-refractivity contribution in [3.05, 3.63) is 35.9 Å². The fraction of sp³-hybridized carbons (Fsp3) is 0.609. The average molecular weight is 398 g/mol. The molecule has 0 bridgehead atoms. The topological polar surface area (TPSA) is 69.7 Å². The molecule has 1 aromatic carbocycles. The SMILES string of the molecule is O=C1NC2(CCCCC2)C(=O)N1CC(=O)N1CCCC[C@H]1CCc1ccccc1. The maximum Gasteiger partial charge on any atom is 0.325 e. The van der Waals surface area contributed by atoms with Crippen LogP contribution in [0.1, 0.15) is 63.4 Å². The van der Waals surface area contributed by atoms with Crippen LogP contribution < -0.4 is 5.32 Å². The summed E-state index contributed by atoms with van der Waals surface area (Å²) in [4.78, 5) is 41.6. The van der Waals surface area contributed by atoms with E-state index in [1.54, 1.807) is 0 Å². The van der Waals surface area contributed by atoms with Crippen LogP contribution in [0.5, 0.6) is 0 Å². The van der Waals surface area contributed by atoms with E-state index in [0.29, 0.717) is 19.4 Å². The monoisotopic (exact) mass is 397 g/mol. The molecule has 1 atom stereocenters. The van der Waals surface area contributed by atoms with E-state index in [2.05, 4.69) is 17.4 Å². The van der Waals surface area contributed by atoms with Crippen molar-refractivity contribution in [2.45, 2.75) is 75.8 Å². The Balaban J connectivity index is 1.39. The summed E-state index contributed by atoms with van der Waals surface area (Å²) in [7, 11) is 0. The molecule has 3 fully saturated rings. The van der Waals surface area contributed by atoms with Crippen LogP contribution in [-0.2, 0) is 16.0 Å². The van der Waals surface area contributed by atoms with Crippen LogP contribution in [-0.4, -0.2) is 52.3 Å². The summed E-state index contributed by atoms with van der Waals surface area (Å²) >= 11 is 0. The molecule has 1 N–H and O–H groups in total. The lowest BCUT2D eigenvalue weighted by atomic mass is 9.82. The highest BCUT2D eigenvalue weighted by molar-refractivity contribution is 6.09. The molecule has 0 aromatic heterocycles. The Morgan fingerprint density at radius 2 is 1.79 bits per heavy atom. The first-order valence-corrected chi connectivity index (χ1v) is 11.1. The van der Waals surface area contributed by atoms with Crippen LogP contribution in [0.25, 0.3) is 0 Å². The molecule has 1 aliphatic carbocycles.